The number of ether oxygens (including phenoxy) is 1. The minimum Gasteiger partial charge on any atom is -0.466 e. The fourth-order valence-electron chi connectivity index (χ4n) is 1.58. The van der Waals surface area contributed by atoms with Gasteiger partial charge in [0.15, 0.2) is 8.32 Å². The normalized spacial score (nSPS) is 17.6. The standard InChI is InChI=1S/C15H30O5Si/c1-11(20-21(6,7)15(2,3)4)10-13(17)12(16)8-9-14(18)19-5/h8-9,11-13,16-17H,10H2,1-7H3/b9-8+/t11-,12-,13-/m1/s1. The molecule has 0 aliphatic carbocycles. The highest BCUT2D eigenvalue weighted by Gasteiger charge is 2.38. The molecule has 6 heteroatoms. The summed E-state index contributed by atoms with van der Waals surface area (Å²) in [5.41, 5.74) is 0. The fraction of sp³-hybridized carbons (Fsp3) is 0.800. The molecule has 21 heavy (non-hydrogen) atoms. The van der Waals surface area contributed by atoms with E-state index in [-0.39, 0.29) is 11.1 Å². The topological polar surface area (TPSA) is 76.0 Å². The minimum atomic E-state index is -1.90. The quantitative estimate of drug-likeness (QED) is 0.428. The van der Waals surface area contributed by atoms with E-state index < -0.39 is 26.5 Å². The fourth-order valence-corrected chi connectivity index (χ4v) is 3.04. The van der Waals surface area contributed by atoms with E-state index in [0.717, 1.165) is 6.08 Å². The lowest BCUT2D eigenvalue weighted by Gasteiger charge is -2.39. The molecule has 0 saturated heterocycles. The number of hydrogen-bond acceptors (Lipinski definition) is 5. The van der Waals surface area contributed by atoms with Crippen LogP contribution in [0.2, 0.25) is 18.1 Å². The van der Waals surface area contributed by atoms with Gasteiger partial charge in [0.05, 0.1) is 19.3 Å². The van der Waals surface area contributed by atoms with Crippen molar-refractivity contribution in [2.45, 2.75) is 70.6 Å². The van der Waals surface area contributed by atoms with Gasteiger partial charge in [-0.05, 0) is 31.1 Å². The van der Waals surface area contributed by atoms with Gasteiger partial charge < -0.3 is 19.4 Å². The lowest BCUT2D eigenvalue weighted by molar-refractivity contribution is -0.134. The Morgan fingerprint density at radius 2 is 1.81 bits per heavy atom. The van der Waals surface area contributed by atoms with E-state index in [1.807, 2.05) is 6.92 Å². The van der Waals surface area contributed by atoms with Gasteiger partial charge in [0.1, 0.15) is 0 Å². The SMILES string of the molecule is COC(=O)/C=C/[C@@H](O)[C@H](O)C[C@@H](C)O[Si](C)(C)C(C)(C)C. The maximum Gasteiger partial charge on any atom is 0.330 e. The lowest BCUT2D eigenvalue weighted by Crippen LogP contribution is -2.44. The molecule has 3 atom stereocenters. The summed E-state index contributed by atoms with van der Waals surface area (Å²) in [6, 6.07) is 0. The van der Waals surface area contributed by atoms with Crippen LogP contribution in [0.1, 0.15) is 34.1 Å². The van der Waals surface area contributed by atoms with Crippen LogP contribution in [0.3, 0.4) is 0 Å². The van der Waals surface area contributed by atoms with Crippen molar-refractivity contribution >= 4 is 14.3 Å². The second-order valence-electron chi connectivity index (χ2n) is 6.86. The molecule has 0 aliphatic heterocycles. The summed E-state index contributed by atoms with van der Waals surface area (Å²) in [7, 11) is -0.642. The van der Waals surface area contributed by atoms with Gasteiger partial charge in [-0.1, -0.05) is 20.8 Å². The molecule has 0 aromatic carbocycles. The van der Waals surface area contributed by atoms with Gasteiger partial charge in [-0.2, -0.15) is 0 Å². The largest absolute Gasteiger partial charge is 0.466 e. The first-order valence-electron chi connectivity index (χ1n) is 7.21. The van der Waals surface area contributed by atoms with Crippen LogP contribution in [-0.2, 0) is 14.0 Å². The average molecular weight is 318 g/mol. The van der Waals surface area contributed by atoms with Crippen LogP contribution in [-0.4, -0.2) is 49.9 Å². The highest BCUT2D eigenvalue weighted by Crippen LogP contribution is 2.37. The van der Waals surface area contributed by atoms with Crippen molar-refractivity contribution < 1.29 is 24.2 Å². The van der Waals surface area contributed by atoms with Gasteiger partial charge in [-0.3, -0.25) is 0 Å². The van der Waals surface area contributed by atoms with Gasteiger partial charge in [-0.25, -0.2) is 4.79 Å². The van der Waals surface area contributed by atoms with Crippen LogP contribution in [0.4, 0.5) is 0 Å². The van der Waals surface area contributed by atoms with Crippen LogP contribution in [0.25, 0.3) is 0 Å². The molecule has 0 radical (unpaired) electrons. The molecule has 0 saturated carbocycles. The molecular formula is C15H30O5Si. The second kappa shape index (κ2) is 8.08. The smallest absolute Gasteiger partial charge is 0.330 e. The summed E-state index contributed by atoms with van der Waals surface area (Å²) in [4.78, 5) is 10.9. The van der Waals surface area contributed by atoms with Crippen molar-refractivity contribution in [3.63, 3.8) is 0 Å². The van der Waals surface area contributed by atoms with Crippen LogP contribution < -0.4 is 0 Å². The summed E-state index contributed by atoms with van der Waals surface area (Å²) >= 11 is 0. The molecule has 0 bridgehead atoms. The Hall–Kier alpha value is -0.693. The van der Waals surface area contributed by atoms with E-state index in [4.69, 9.17) is 4.43 Å². The number of aliphatic hydroxyl groups excluding tert-OH is 2. The van der Waals surface area contributed by atoms with Crippen molar-refractivity contribution in [2.75, 3.05) is 7.11 Å². The molecule has 5 nitrogen and oxygen atoms in total. The maximum atomic E-state index is 10.9. The molecular weight excluding hydrogens is 288 g/mol. The molecule has 0 unspecified atom stereocenters. The van der Waals surface area contributed by atoms with E-state index in [0.29, 0.717) is 6.42 Å². The Bertz CT molecular complexity index is 360. The number of esters is 1. The van der Waals surface area contributed by atoms with Gasteiger partial charge in [0.25, 0.3) is 0 Å². The van der Waals surface area contributed by atoms with Gasteiger partial charge in [0, 0.05) is 18.6 Å². The third-order valence-electron chi connectivity index (χ3n) is 3.90. The zero-order chi connectivity index (χ0) is 16.8. The van der Waals surface area contributed by atoms with Gasteiger partial charge in [0.2, 0.25) is 0 Å². The van der Waals surface area contributed by atoms with Crippen LogP contribution in [0.15, 0.2) is 12.2 Å². The van der Waals surface area contributed by atoms with E-state index in [9.17, 15) is 15.0 Å². The molecule has 0 fully saturated rings. The number of hydrogen-bond donors (Lipinski definition) is 2. The zero-order valence-electron chi connectivity index (χ0n) is 14.2. The monoisotopic (exact) mass is 318 g/mol. The van der Waals surface area contributed by atoms with E-state index >= 15 is 0 Å². The van der Waals surface area contributed by atoms with Crippen molar-refractivity contribution in [3.05, 3.63) is 12.2 Å². The average Bonchev–Trinajstić information content (AvgIpc) is 2.32. The summed E-state index contributed by atoms with van der Waals surface area (Å²) < 4.78 is 10.5. The van der Waals surface area contributed by atoms with Crippen LogP contribution in [0, 0.1) is 0 Å². The first-order chi connectivity index (χ1) is 9.40. The third kappa shape index (κ3) is 7.22. The molecule has 0 aromatic rings. The number of methoxy groups -OCH3 is 1. The predicted molar refractivity (Wildman–Crippen MR) is 85.5 cm³/mol. The van der Waals surface area contributed by atoms with Crippen molar-refractivity contribution in [2.24, 2.45) is 0 Å². The molecule has 0 aromatic heterocycles. The lowest BCUT2D eigenvalue weighted by atomic mass is 10.1. The molecule has 124 valence electrons. The highest BCUT2D eigenvalue weighted by atomic mass is 28.4. The zero-order valence-corrected chi connectivity index (χ0v) is 15.2. The molecule has 0 rings (SSSR count). The summed E-state index contributed by atoms with van der Waals surface area (Å²) in [5.74, 6) is -0.563. The van der Waals surface area contributed by atoms with E-state index in [1.54, 1.807) is 0 Å². The molecule has 0 spiro atoms. The highest BCUT2D eigenvalue weighted by molar-refractivity contribution is 6.74. The predicted octanol–water partition coefficient (Wildman–Crippen LogP) is 2.24. The van der Waals surface area contributed by atoms with E-state index in [1.165, 1.54) is 13.2 Å². The molecule has 0 amide bonds. The Morgan fingerprint density at radius 1 is 1.29 bits per heavy atom. The van der Waals surface area contributed by atoms with Crippen LogP contribution in [0.5, 0.6) is 0 Å². The molecule has 2 N–H and O–H groups in total. The number of carbonyl (C=O) groups excluding carboxylic acids is 1. The van der Waals surface area contributed by atoms with Crippen molar-refractivity contribution in [3.8, 4) is 0 Å². The Balaban J connectivity index is 4.48. The Morgan fingerprint density at radius 3 is 2.24 bits per heavy atom. The Kier molecular flexibility index (Phi) is 7.81. The number of rotatable bonds is 7. The molecule has 0 aliphatic rings. The first kappa shape index (κ1) is 20.3. The number of carbonyl (C=O) groups is 1. The number of aliphatic hydroxyl groups is 2. The van der Waals surface area contributed by atoms with Crippen molar-refractivity contribution in [1.29, 1.82) is 0 Å². The van der Waals surface area contributed by atoms with E-state index in [2.05, 4.69) is 38.6 Å². The third-order valence-corrected chi connectivity index (χ3v) is 8.50. The summed E-state index contributed by atoms with van der Waals surface area (Å²) in [5, 5.41) is 19.8. The summed E-state index contributed by atoms with van der Waals surface area (Å²) in [6.45, 7) is 12.6. The maximum absolute atomic E-state index is 10.9. The first-order valence-corrected chi connectivity index (χ1v) is 10.1. The van der Waals surface area contributed by atoms with Gasteiger partial charge >= 0.3 is 5.97 Å². The van der Waals surface area contributed by atoms with Gasteiger partial charge in [-0.15, -0.1) is 0 Å². The Labute approximate surface area is 129 Å². The second-order valence-corrected chi connectivity index (χ2v) is 11.6. The van der Waals surface area contributed by atoms with Crippen LogP contribution >= 0.6 is 0 Å². The van der Waals surface area contributed by atoms with Crippen molar-refractivity contribution in [1.82, 2.24) is 0 Å². The molecule has 0 heterocycles. The summed E-state index contributed by atoms with van der Waals surface area (Å²) in [6.07, 6.45) is 0.379. The minimum absolute atomic E-state index is 0.0929.